The minimum atomic E-state index is -1.09. The van der Waals surface area contributed by atoms with Crippen molar-refractivity contribution in [1.29, 1.82) is 0 Å². The topological polar surface area (TPSA) is 73.8 Å². The molecule has 0 radical (unpaired) electrons. The summed E-state index contributed by atoms with van der Waals surface area (Å²) >= 11 is -1.09. The lowest BCUT2D eigenvalue weighted by molar-refractivity contribution is -0.121. The largest absolute Gasteiger partial charge is 0.612 e. The minimum absolute atomic E-state index is 0.0592. The molecule has 0 aliphatic carbocycles. The molecular formula is C15H18N2O3S. The fourth-order valence-corrected chi connectivity index (χ4v) is 2.76. The van der Waals surface area contributed by atoms with Crippen LogP contribution in [0.3, 0.4) is 0 Å². The molecule has 21 heavy (non-hydrogen) atoms. The molecule has 0 saturated heterocycles. The lowest BCUT2D eigenvalue weighted by Crippen LogP contribution is -2.30. The van der Waals surface area contributed by atoms with E-state index in [9.17, 15) is 9.35 Å². The number of hydrazone groups is 1. The molecule has 1 aliphatic heterocycles. The van der Waals surface area contributed by atoms with Crippen molar-refractivity contribution in [3.63, 3.8) is 0 Å². The summed E-state index contributed by atoms with van der Waals surface area (Å²) in [4.78, 5) is 11.9. The normalized spacial score (nSPS) is 20.1. The Balaban J connectivity index is 2.20. The maximum Gasteiger partial charge on any atom is 0.240 e. The van der Waals surface area contributed by atoms with E-state index in [1.54, 1.807) is 19.4 Å². The van der Waals surface area contributed by atoms with Gasteiger partial charge in [-0.2, -0.15) is 5.10 Å². The zero-order valence-electron chi connectivity index (χ0n) is 12.3. The predicted molar refractivity (Wildman–Crippen MR) is 83.7 cm³/mol. The lowest BCUT2D eigenvalue weighted by atomic mass is 9.99. The summed E-state index contributed by atoms with van der Waals surface area (Å²) in [6.45, 7) is 1.96. The first-order valence-electron chi connectivity index (χ1n) is 6.57. The number of carbonyl (C=O) groups is 1. The van der Waals surface area contributed by atoms with E-state index in [2.05, 4.69) is 10.5 Å². The summed E-state index contributed by atoms with van der Waals surface area (Å²) in [6.07, 6.45) is 5.84. The van der Waals surface area contributed by atoms with Crippen molar-refractivity contribution >= 4 is 28.9 Å². The van der Waals surface area contributed by atoms with E-state index < -0.39 is 11.2 Å². The second-order valence-electron chi connectivity index (χ2n) is 4.87. The molecule has 0 bridgehead atoms. The number of methoxy groups -OCH3 is 1. The number of benzene rings is 1. The highest BCUT2D eigenvalue weighted by Gasteiger charge is 2.18. The second-order valence-corrected chi connectivity index (χ2v) is 6.22. The molecule has 0 fully saturated rings. The van der Waals surface area contributed by atoms with Gasteiger partial charge in [0.25, 0.3) is 0 Å². The van der Waals surface area contributed by atoms with Gasteiger partial charge in [-0.25, -0.2) is 5.43 Å². The summed E-state index contributed by atoms with van der Waals surface area (Å²) in [5.41, 5.74) is 4.23. The Kier molecular flexibility index (Phi) is 5.03. The number of hydrogen-bond acceptors (Lipinski definition) is 4. The monoisotopic (exact) mass is 306 g/mol. The number of amides is 1. The van der Waals surface area contributed by atoms with Gasteiger partial charge >= 0.3 is 0 Å². The first-order chi connectivity index (χ1) is 10.0. The fraction of sp³-hybridized carbons (Fsp3) is 0.333. The van der Waals surface area contributed by atoms with E-state index in [1.165, 1.54) is 0 Å². The molecule has 5 nitrogen and oxygen atoms in total. The Morgan fingerprint density at radius 1 is 1.48 bits per heavy atom. The Hall–Kier alpha value is -1.79. The third-order valence-electron chi connectivity index (χ3n) is 3.25. The van der Waals surface area contributed by atoms with Crippen molar-refractivity contribution in [3.05, 3.63) is 29.8 Å². The summed E-state index contributed by atoms with van der Waals surface area (Å²) in [7, 11) is 1.56. The van der Waals surface area contributed by atoms with Crippen molar-refractivity contribution in [2.75, 3.05) is 13.4 Å². The second kappa shape index (κ2) is 6.78. The first-order valence-corrected chi connectivity index (χ1v) is 8.13. The van der Waals surface area contributed by atoms with Gasteiger partial charge in [0, 0.05) is 12.3 Å². The highest BCUT2D eigenvalue weighted by Crippen LogP contribution is 2.25. The highest BCUT2D eigenvalue weighted by molar-refractivity contribution is 7.90. The molecule has 2 unspecified atom stereocenters. The van der Waals surface area contributed by atoms with Crippen LogP contribution in [0.25, 0.3) is 6.08 Å². The summed E-state index contributed by atoms with van der Waals surface area (Å²) < 4.78 is 16.8. The van der Waals surface area contributed by atoms with Crippen LogP contribution in [0.1, 0.15) is 18.9 Å². The quantitative estimate of drug-likeness (QED) is 0.864. The van der Waals surface area contributed by atoms with Crippen LogP contribution in [0.4, 0.5) is 0 Å². The standard InChI is InChI=1S/C15H18N2O3S/c1-10-8-15(18)17-16-12(10)6-4-11-5-7-14(21(3)19)13(9-11)20-2/h4-7,9-10H,8H2,1-3H3,(H,17,18). The number of nitrogens with zero attached hydrogens (tertiary/aromatic N) is 1. The average Bonchev–Trinajstić information content (AvgIpc) is 2.45. The molecule has 112 valence electrons. The van der Waals surface area contributed by atoms with Gasteiger partial charge in [0.2, 0.25) is 5.91 Å². The number of rotatable bonds is 4. The minimum Gasteiger partial charge on any atom is -0.612 e. The van der Waals surface area contributed by atoms with Gasteiger partial charge in [-0.1, -0.05) is 13.0 Å². The van der Waals surface area contributed by atoms with E-state index in [4.69, 9.17) is 4.74 Å². The Morgan fingerprint density at radius 2 is 2.24 bits per heavy atom. The van der Waals surface area contributed by atoms with Crippen molar-refractivity contribution in [3.8, 4) is 5.75 Å². The van der Waals surface area contributed by atoms with Crippen molar-refractivity contribution in [2.24, 2.45) is 11.0 Å². The average molecular weight is 306 g/mol. The molecular weight excluding hydrogens is 288 g/mol. The van der Waals surface area contributed by atoms with Crippen LogP contribution in [0.15, 0.2) is 34.3 Å². The molecule has 2 rings (SSSR count). The van der Waals surface area contributed by atoms with Crippen LogP contribution in [-0.2, 0) is 16.0 Å². The zero-order valence-corrected chi connectivity index (χ0v) is 13.1. The molecule has 0 spiro atoms. The van der Waals surface area contributed by atoms with E-state index in [0.717, 1.165) is 11.3 Å². The third kappa shape index (κ3) is 3.86. The Morgan fingerprint density at radius 3 is 2.86 bits per heavy atom. The van der Waals surface area contributed by atoms with Crippen LogP contribution in [0.5, 0.6) is 5.75 Å². The van der Waals surface area contributed by atoms with E-state index >= 15 is 0 Å². The van der Waals surface area contributed by atoms with E-state index in [-0.39, 0.29) is 11.8 Å². The molecule has 1 heterocycles. The first kappa shape index (κ1) is 15.6. The van der Waals surface area contributed by atoms with Crippen LogP contribution >= 0.6 is 0 Å². The molecule has 1 aliphatic rings. The number of nitrogens with one attached hydrogen (secondary N) is 1. The smallest absolute Gasteiger partial charge is 0.240 e. The van der Waals surface area contributed by atoms with Gasteiger partial charge in [0.05, 0.1) is 12.8 Å². The maximum absolute atomic E-state index is 11.6. The van der Waals surface area contributed by atoms with Gasteiger partial charge in [0.15, 0.2) is 10.6 Å². The SMILES string of the molecule is COc1cc(C=CC2=NNC(=O)CC2C)ccc1[S+](C)[O-]. The van der Waals surface area contributed by atoms with E-state index in [1.807, 2.05) is 31.2 Å². The summed E-state index contributed by atoms with van der Waals surface area (Å²) in [6, 6.07) is 5.50. The summed E-state index contributed by atoms with van der Waals surface area (Å²) in [5.74, 6) is 0.639. The van der Waals surface area contributed by atoms with Crippen LogP contribution in [-0.4, -0.2) is 29.5 Å². The molecule has 1 N–H and O–H groups in total. The van der Waals surface area contributed by atoms with Gasteiger partial charge in [-0.15, -0.1) is 0 Å². The van der Waals surface area contributed by atoms with Gasteiger partial charge in [0.1, 0.15) is 6.26 Å². The number of ether oxygens (including phenoxy) is 1. The van der Waals surface area contributed by atoms with Crippen LogP contribution in [0.2, 0.25) is 0 Å². The van der Waals surface area contributed by atoms with Gasteiger partial charge < -0.3 is 9.29 Å². The molecule has 0 aromatic heterocycles. The number of allylic oxidation sites excluding steroid dienone is 1. The molecule has 1 aromatic rings. The molecule has 0 saturated carbocycles. The lowest BCUT2D eigenvalue weighted by Gasteiger charge is -2.16. The molecule has 1 aromatic carbocycles. The van der Waals surface area contributed by atoms with Crippen LogP contribution < -0.4 is 10.2 Å². The van der Waals surface area contributed by atoms with E-state index in [0.29, 0.717) is 17.1 Å². The Bertz CT molecular complexity index is 597. The van der Waals surface area contributed by atoms with Gasteiger partial charge in [-0.05, 0) is 41.0 Å². The molecule has 1 amide bonds. The predicted octanol–water partition coefficient (Wildman–Crippen LogP) is 1.96. The Labute approximate surface area is 127 Å². The molecule has 2 atom stereocenters. The zero-order chi connectivity index (χ0) is 15.4. The molecule has 6 heteroatoms. The summed E-state index contributed by atoms with van der Waals surface area (Å²) in [5, 5.41) is 4.05. The fourth-order valence-electron chi connectivity index (χ4n) is 2.07. The highest BCUT2D eigenvalue weighted by atomic mass is 32.2. The number of hydrogen-bond donors (Lipinski definition) is 1. The van der Waals surface area contributed by atoms with Crippen molar-refractivity contribution in [1.82, 2.24) is 5.43 Å². The van der Waals surface area contributed by atoms with Crippen LogP contribution in [0, 0.1) is 5.92 Å². The van der Waals surface area contributed by atoms with Crippen molar-refractivity contribution < 1.29 is 14.1 Å². The third-order valence-corrected chi connectivity index (χ3v) is 4.21. The number of carbonyl (C=O) groups excluding carboxylic acids is 1. The van der Waals surface area contributed by atoms with Gasteiger partial charge in [-0.3, -0.25) is 4.79 Å². The maximum atomic E-state index is 11.6. The van der Waals surface area contributed by atoms with Crippen molar-refractivity contribution in [2.45, 2.75) is 18.2 Å².